The van der Waals surface area contributed by atoms with Crippen molar-refractivity contribution in [1.82, 2.24) is 14.5 Å². The number of hydrogen-bond acceptors (Lipinski definition) is 3. The first-order valence-corrected chi connectivity index (χ1v) is 7.92. The summed E-state index contributed by atoms with van der Waals surface area (Å²) in [5.74, 6) is 0. The van der Waals surface area contributed by atoms with Crippen molar-refractivity contribution in [2.75, 3.05) is 20.2 Å². The van der Waals surface area contributed by atoms with Crippen molar-refractivity contribution in [3.8, 4) is 5.69 Å². The largest absolute Gasteiger partial charge is 0.433 e. The van der Waals surface area contributed by atoms with Crippen molar-refractivity contribution in [2.24, 2.45) is 0 Å². The molecule has 0 radical (unpaired) electrons. The lowest BCUT2D eigenvalue weighted by molar-refractivity contribution is -0.141. The molecule has 1 aliphatic rings. The van der Waals surface area contributed by atoms with Crippen LogP contribution in [-0.2, 0) is 17.5 Å². The summed E-state index contributed by atoms with van der Waals surface area (Å²) in [6.45, 7) is 2.55. The molecule has 24 heavy (non-hydrogen) atoms. The van der Waals surface area contributed by atoms with Gasteiger partial charge in [-0.1, -0.05) is 0 Å². The van der Waals surface area contributed by atoms with E-state index in [1.54, 1.807) is 23.9 Å². The number of nitrogens with zero attached hydrogens (tertiary/aromatic N) is 3. The molecule has 4 nitrogen and oxygen atoms in total. The molecule has 1 fully saturated rings. The average molecular weight is 339 g/mol. The van der Waals surface area contributed by atoms with E-state index in [1.807, 2.05) is 12.1 Å². The molecule has 7 heteroatoms. The van der Waals surface area contributed by atoms with E-state index >= 15 is 0 Å². The van der Waals surface area contributed by atoms with Crippen LogP contribution in [0.3, 0.4) is 0 Å². The number of rotatable bonds is 4. The summed E-state index contributed by atoms with van der Waals surface area (Å²) < 4.78 is 45.7. The molecular formula is C17H20F3N3O. The second-order valence-electron chi connectivity index (χ2n) is 5.98. The van der Waals surface area contributed by atoms with Gasteiger partial charge in [0, 0.05) is 50.5 Å². The number of likely N-dealkylation sites (tertiary alicyclic amines) is 1. The van der Waals surface area contributed by atoms with Crippen LogP contribution in [0.1, 0.15) is 24.2 Å². The van der Waals surface area contributed by atoms with Gasteiger partial charge in [-0.3, -0.25) is 9.88 Å². The van der Waals surface area contributed by atoms with Crippen LogP contribution in [0.5, 0.6) is 0 Å². The third-order valence-electron chi connectivity index (χ3n) is 4.40. The van der Waals surface area contributed by atoms with Crippen LogP contribution in [-0.4, -0.2) is 40.8 Å². The Kier molecular flexibility index (Phi) is 4.91. The Morgan fingerprint density at radius 3 is 2.67 bits per heavy atom. The number of aromatic nitrogens is 2. The molecule has 0 aliphatic carbocycles. The lowest BCUT2D eigenvalue weighted by atomic mass is 10.1. The van der Waals surface area contributed by atoms with E-state index in [9.17, 15) is 13.2 Å². The van der Waals surface area contributed by atoms with Crippen molar-refractivity contribution < 1.29 is 17.9 Å². The van der Waals surface area contributed by atoms with Crippen LogP contribution in [0.25, 0.3) is 5.69 Å². The zero-order valence-corrected chi connectivity index (χ0v) is 13.5. The molecule has 2 aromatic rings. The first-order chi connectivity index (χ1) is 11.5. The molecule has 0 unspecified atom stereocenters. The molecule has 3 heterocycles. The standard InChI is InChI=1S/C17H20F3N3O/c1-24-15-5-9-22(10-6-15)12-14-3-2-8-23(14)13-4-7-21-16(11-13)17(18,19)20/h2-4,7-8,11,15H,5-6,9-10,12H2,1H3. The number of piperidine rings is 1. The summed E-state index contributed by atoms with van der Waals surface area (Å²) in [4.78, 5) is 5.72. The Bertz CT molecular complexity index is 676. The second kappa shape index (κ2) is 6.94. The number of methoxy groups -OCH3 is 1. The average Bonchev–Trinajstić information content (AvgIpc) is 3.03. The predicted molar refractivity (Wildman–Crippen MR) is 83.9 cm³/mol. The van der Waals surface area contributed by atoms with E-state index in [0.717, 1.165) is 37.7 Å². The number of halogens is 3. The van der Waals surface area contributed by atoms with Crippen LogP contribution in [0, 0.1) is 0 Å². The third-order valence-corrected chi connectivity index (χ3v) is 4.40. The minimum Gasteiger partial charge on any atom is -0.381 e. The van der Waals surface area contributed by atoms with Crippen molar-refractivity contribution >= 4 is 0 Å². The highest BCUT2D eigenvalue weighted by Crippen LogP contribution is 2.29. The number of ether oxygens (including phenoxy) is 1. The fourth-order valence-corrected chi connectivity index (χ4v) is 3.05. The third kappa shape index (κ3) is 3.79. The highest BCUT2D eigenvalue weighted by molar-refractivity contribution is 5.36. The molecule has 1 aliphatic heterocycles. The van der Waals surface area contributed by atoms with E-state index < -0.39 is 11.9 Å². The zero-order chi connectivity index (χ0) is 17.2. The van der Waals surface area contributed by atoms with Gasteiger partial charge in [-0.25, -0.2) is 0 Å². The Hall–Kier alpha value is -1.86. The van der Waals surface area contributed by atoms with E-state index in [0.29, 0.717) is 18.3 Å². The molecule has 0 spiro atoms. The monoisotopic (exact) mass is 339 g/mol. The summed E-state index contributed by atoms with van der Waals surface area (Å²) >= 11 is 0. The number of pyridine rings is 1. The van der Waals surface area contributed by atoms with Crippen LogP contribution >= 0.6 is 0 Å². The zero-order valence-electron chi connectivity index (χ0n) is 13.5. The summed E-state index contributed by atoms with van der Waals surface area (Å²) in [5.41, 5.74) is 0.565. The number of alkyl halides is 3. The van der Waals surface area contributed by atoms with Gasteiger partial charge in [-0.05, 0) is 37.1 Å². The predicted octanol–water partition coefficient (Wildman–Crippen LogP) is 3.50. The SMILES string of the molecule is COC1CCN(Cc2cccn2-c2ccnc(C(F)(F)F)c2)CC1. The fraction of sp³-hybridized carbons (Fsp3) is 0.471. The van der Waals surface area contributed by atoms with Crippen molar-refractivity contribution in [1.29, 1.82) is 0 Å². The fourth-order valence-electron chi connectivity index (χ4n) is 3.05. The van der Waals surface area contributed by atoms with Gasteiger partial charge >= 0.3 is 6.18 Å². The molecule has 0 bridgehead atoms. The molecule has 0 amide bonds. The Morgan fingerprint density at radius 2 is 2.00 bits per heavy atom. The normalized spacial score (nSPS) is 17.3. The van der Waals surface area contributed by atoms with Gasteiger partial charge < -0.3 is 9.30 Å². The second-order valence-corrected chi connectivity index (χ2v) is 5.98. The first kappa shape index (κ1) is 17.0. The Balaban J connectivity index is 1.76. The van der Waals surface area contributed by atoms with Crippen LogP contribution in [0.15, 0.2) is 36.7 Å². The van der Waals surface area contributed by atoms with Gasteiger partial charge in [0.05, 0.1) is 6.10 Å². The van der Waals surface area contributed by atoms with Crippen LogP contribution in [0.2, 0.25) is 0 Å². The molecule has 1 saturated heterocycles. The van der Waals surface area contributed by atoms with Gasteiger partial charge in [0.2, 0.25) is 0 Å². The summed E-state index contributed by atoms with van der Waals surface area (Å²) in [6, 6.07) is 6.47. The molecule has 0 atom stereocenters. The Labute approximate surface area is 138 Å². The Morgan fingerprint density at radius 1 is 1.25 bits per heavy atom. The van der Waals surface area contributed by atoms with Crippen molar-refractivity contribution in [3.63, 3.8) is 0 Å². The molecule has 0 saturated carbocycles. The molecule has 0 N–H and O–H groups in total. The van der Waals surface area contributed by atoms with Crippen LogP contribution in [0.4, 0.5) is 13.2 Å². The van der Waals surface area contributed by atoms with Crippen molar-refractivity contribution in [2.45, 2.75) is 31.7 Å². The van der Waals surface area contributed by atoms with E-state index in [1.165, 1.54) is 6.20 Å². The smallest absolute Gasteiger partial charge is 0.381 e. The lowest BCUT2D eigenvalue weighted by Gasteiger charge is -2.31. The minimum atomic E-state index is -4.44. The van der Waals surface area contributed by atoms with Gasteiger partial charge in [0.15, 0.2) is 0 Å². The van der Waals surface area contributed by atoms with E-state index in [2.05, 4.69) is 9.88 Å². The minimum absolute atomic E-state index is 0.308. The molecular weight excluding hydrogens is 319 g/mol. The first-order valence-electron chi connectivity index (χ1n) is 7.92. The van der Waals surface area contributed by atoms with Gasteiger partial charge in [-0.15, -0.1) is 0 Å². The summed E-state index contributed by atoms with van der Waals surface area (Å²) in [5, 5.41) is 0. The molecule has 130 valence electrons. The molecule has 0 aromatic carbocycles. The van der Waals surface area contributed by atoms with E-state index in [4.69, 9.17) is 4.74 Å². The van der Waals surface area contributed by atoms with Gasteiger partial charge in [-0.2, -0.15) is 13.2 Å². The highest BCUT2D eigenvalue weighted by atomic mass is 19.4. The maximum atomic E-state index is 12.9. The molecule has 2 aromatic heterocycles. The maximum Gasteiger partial charge on any atom is 0.433 e. The number of hydrogen-bond donors (Lipinski definition) is 0. The van der Waals surface area contributed by atoms with Crippen LogP contribution < -0.4 is 0 Å². The molecule has 3 rings (SSSR count). The lowest BCUT2D eigenvalue weighted by Crippen LogP contribution is -2.36. The topological polar surface area (TPSA) is 30.3 Å². The van der Waals surface area contributed by atoms with Crippen molar-refractivity contribution in [3.05, 3.63) is 48.0 Å². The van der Waals surface area contributed by atoms with E-state index in [-0.39, 0.29) is 0 Å². The summed E-state index contributed by atoms with van der Waals surface area (Å²) in [6.07, 6.45) is 0.807. The highest BCUT2D eigenvalue weighted by Gasteiger charge is 2.32. The van der Waals surface area contributed by atoms with Gasteiger partial charge in [0.25, 0.3) is 0 Å². The quantitative estimate of drug-likeness (QED) is 0.854. The summed E-state index contributed by atoms with van der Waals surface area (Å²) in [7, 11) is 1.73. The maximum absolute atomic E-state index is 12.9. The van der Waals surface area contributed by atoms with Gasteiger partial charge in [0.1, 0.15) is 5.69 Å².